The minimum atomic E-state index is 0.564. The molecule has 2 aliphatic carbocycles. The van der Waals surface area contributed by atoms with Crippen molar-refractivity contribution in [2.45, 2.75) is 31.2 Å². The highest BCUT2D eigenvalue weighted by molar-refractivity contribution is 5.40. The van der Waals surface area contributed by atoms with Crippen molar-refractivity contribution >= 4 is 0 Å². The molecule has 1 heterocycles. The zero-order chi connectivity index (χ0) is 13.5. The summed E-state index contributed by atoms with van der Waals surface area (Å²) in [6, 6.07) is 11.7. The molecule has 1 aromatic heterocycles. The highest BCUT2D eigenvalue weighted by Crippen LogP contribution is 2.61. The number of rotatable bonds is 4. The fourth-order valence-corrected chi connectivity index (χ4v) is 4.26. The average molecular weight is 267 g/mol. The van der Waals surface area contributed by atoms with E-state index in [0.717, 1.165) is 24.2 Å². The van der Waals surface area contributed by atoms with Crippen molar-refractivity contribution in [1.29, 1.82) is 0 Å². The molecule has 0 aliphatic heterocycles. The van der Waals surface area contributed by atoms with Crippen LogP contribution < -0.4 is 5.32 Å². The molecule has 1 N–H and O–H groups in total. The second-order valence-corrected chi connectivity index (χ2v) is 6.24. The molecule has 2 aliphatic rings. The Morgan fingerprint density at radius 1 is 1.30 bits per heavy atom. The third-order valence-corrected chi connectivity index (χ3v) is 5.26. The summed E-state index contributed by atoms with van der Waals surface area (Å²) in [6.07, 6.45) is 7.35. The molecule has 0 radical (unpaired) electrons. The lowest BCUT2D eigenvalue weighted by molar-refractivity contribution is 0.460. The zero-order valence-corrected chi connectivity index (χ0v) is 11.9. The predicted octanol–water partition coefficient (Wildman–Crippen LogP) is 3.39. The van der Waals surface area contributed by atoms with Gasteiger partial charge in [-0.3, -0.25) is 0 Å². The Kier molecular flexibility index (Phi) is 2.92. The number of likely N-dealkylation sites (N-methyl/N-ethyl adjacent to an activating group) is 1. The highest BCUT2D eigenvalue weighted by Gasteiger charge is 2.55. The van der Waals surface area contributed by atoms with Gasteiger partial charge in [0.2, 0.25) is 0 Å². The molecule has 104 valence electrons. The normalized spacial score (nSPS) is 28.6. The van der Waals surface area contributed by atoms with Gasteiger partial charge in [0, 0.05) is 6.04 Å². The molecule has 20 heavy (non-hydrogen) atoms. The minimum Gasteiger partial charge on any atom is -0.472 e. The van der Waals surface area contributed by atoms with Crippen LogP contribution >= 0.6 is 0 Å². The van der Waals surface area contributed by atoms with Gasteiger partial charge in [-0.15, -0.1) is 0 Å². The van der Waals surface area contributed by atoms with E-state index in [2.05, 4.69) is 42.7 Å². The van der Waals surface area contributed by atoms with Crippen LogP contribution in [0.2, 0.25) is 0 Å². The van der Waals surface area contributed by atoms with Crippen molar-refractivity contribution in [3.8, 4) is 0 Å². The van der Waals surface area contributed by atoms with Gasteiger partial charge in [0.1, 0.15) is 0 Å². The molecule has 4 atom stereocenters. The standard InChI is InChI=1S/C18H21NO/c1-19-16(10-12-8-9-20-11-12)18-15-7-6-13-4-2-3-5-14(13)17(15)18/h2-5,8-9,11,15-19H,6-7,10H2,1H3. The van der Waals surface area contributed by atoms with E-state index in [-0.39, 0.29) is 0 Å². The molecule has 4 rings (SSSR count). The maximum atomic E-state index is 5.21. The number of furan rings is 1. The number of hydrogen-bond donors (Lipinski definition) is 1. The van der Waals surface area contributed by atoms with Crippen LogP contribution in [-0.4, -0.2) is 13.1 Å². The maximum absolute atomic E-state index is 5.21. The first-order chi connectivity index (χ1) is 9.88. The van der Waals surface area contributed by atoms with Crippen LogP contribution in [0.4, 0.5) is 0 Å². The first kappa shape index (κ1) is 12.2. The van der Waals surface area contributed by atoms with Crippen molar-refractivity contribution in [3.05, 3.63) is 59.5 Å². The van der Waals surface area contributed by atoms with Crippen LogP contribution in [0.25, 0.3) is 0 Å². The Balaban J connectivity index is 1.56. The summed E-state index contributed by atoms with van der Waals surface area (Å²) in [4.78, 5) is 0. The third-order valence-electron chi connectivity index (χ3n) is 5.26. The summed E-state index contributed by atoms with van der Waals surface area (Å²) in [7, 11) is 2.10. The smallest absolute Gasteiger partial charge is 0.0935 e. The minimum absolute atomic E-state index is 0.564. The summed E-state index contributed by atoms with van der Waals surface area (Å²) in [6.45, 7) is 0. The van der Waals surface area contributed by atoms with Gasteiger partial charge >= 0.3 is 0 Å². The molecule has 1 aromatic carbocycles. The molecule has 0 amide bonds. The van der Waals surface area contributed by atoms with E-state index in [4.69, 9.17) is 4.42 Å². The van der Waals surface area contributed by atoms with Gasteiger partial charge in [0.05, 0.1) is 12.5 Å². The molecule has 0 saturated heterocycles. The van der Waals surface area contributed by atoms with Gasteiger partial charge in [-0.1, -0.05) is 24.3 Å². The Bertz CT molecular complexity index is 589. The summed E-state index contributed by atoms with van der Waals surface area (Å²) in [5.41, 5.74) is 4.50. The monoisotopic (exact) mass is 267 g/mol. The Morgan fingerprint density at radius 2 is 2.20 bits per heavy atom. The van der Waals surface area contributed by atoms with Crippen LogP contribution in [-0.2, 0) is 12.8 Å². The lowest BCUT2D eigenvalue weighted by Crippen LogP contribution is -2.30. The van der Waals surface area contributed by atoms with Crippen molar-refractivity contribution in [2.75, 3.05) is 7.05 Å². The van der Waals surface area contributed by atoms with E-state index in [9.17, 15) is 0 Å². The lowest BCUT2D eigenvalue weighted by atomic mass is 9.92. The predicted molar refractivity (Wildman–Crippen MR) is 79.7 cm³/mol. The highest BCUT2D eigenvalue weighted by atomic mass is 16.3. The Hall–Kier alpha value is -1.54. The van der Waals surface area contributed by atoms with Crippen molar-refractivity contribution in [2.24, 2.45) is 11.8 Å². The second kappa shape index (κ2) is 4.78. The molecule has 2 heteroatoms. The molecular weight excluding hydrogens is 246 g/mol. The van der Waals surface area contributed by atoms with E-state index in [1.165, 1.54) is 18.4 Å². The van der Waals surface area contributed by atoms with Gasteiger partial charge in [-0.25, -0.2) is 0 Å². The molecule has 0 bridgehead atoms. The number of hydrogen-bond acceptors (Lipinski definition) is 2. The van der Waals surface area contributed by atoms with E-state index < -0.39 is 0 Å². The van der Waals surface area contributed by atoms with Crippen LogP contribution in [0.15, 0.2) is 47.3 Å². The van der Waals surface area contributed by atoms with Crippen LogP contribution in [0, 0.1) is 11.8 Å². The second-order valence-electron chi connectivity index (χ2n) is 6.24. The molecule has 2 aromatic rings. The zero-order valence-electron chi connectivity index (χ0n) is 11.9. The fraction of sp³-hybridized carbons (Fsp3) is 0.444. The maximum Gasteiger partial charge on any atom is 0.0935 e. The first-order valence-corrected chi connectivity index (χ1v) is 7.64. The van der Waals surface area contributed by atoms with Crippen LogP contribution in [0.3, 0.4) is 0 Å². The van der Waals surface area contributed by atoms with E-state index in [1.54, 1.807) is 17.4 Å². The number of nitrogens with one attached hydrogen (secondary N) is 1. The molecule has 4 unspecified atom stereocenters. The van der Waals surface area contributed by atoms with Gasteiger partial charge in [-0.05, 0) is 66.8 Å². The van der Waals surface area contributed by atoms with Crippen molar-refractivity contribution in [3.63, 3.8) is 0 Å². The third kappa shape index (κ3) is 1.90. The van der Waals surface area contributed by atoms with Crippen LogP contribution in [0.1, 0.15) is 29.0 Å². The number of fused-ring (bicyclic) bond motifs is 3. The lowest BCUT2D eigenvalue weighted by Gasteiger charge is -2.15. The molecule has 0 spiro atoms. The molecule has 1 saturated carbocycles. The molecule has 1 fully saturated rings. The summed E-state index contributed by atoms with van der Waals surface area (Å²) >= 11 is 0. The van der Waals surface area contributed by atoms with Gasteiger partial charge in [-0.2, -0.15) is 0 Å². The van der Waals surface area contributed by atoms with Crippen molar-refractivity contribution in [1.82, 2.24) is 5.32 Å². The van der Waals surface area contributed by atoms with Gasteiger partial charge < -0.3 is 9.73 Å². The van der Waals surface area contributed by atoms with Gasteiger partial charge in [0.15, 0.2) is 0 Å². The van der Waals surface area contributed by atoms with E-state index in [0.29, 0.717) is 6.04 Å². The quantitative estimate of drug-likeness (QED) is 0.918. The first-order valence-electron chi connectivity index (χ1n) is 7.64. The Labute approximate surface area is 120 Å². The largest absolute Gasteiger partial charge is 0.472 e. The average Bonchev–Trinajstić information content (AvgIpc) is 3.00. The van der Waals surface area contributed by atoms with Crippen LogP contribution in [0.5, 0.6) is 0 Å². The number of benzene rings is 1. The van der Waals surface area contributed by atoms with E-state index >= 15 is 0 Å². The fourth-order valence-electron chi connectivity index (χ4n) is 4.26. The number of aryl methyl sites for hydroxylation is 1. The molecular formula is C18H21NO. The summed E-state index contributed by atoms with van der Waals surface area (Å²) < 4.78 is 5.21. The summed E-state index contributed by atoms with van der Waals surface area (Å²) in [5.74, 6) is 2.46. The van der Waals surface area contributed by atoms with Gasteiger partial charge in [0.25, 0.3) is 0 Å². The van der Waals surface area contributed by atoms with E-state index in [1.807, 2.05) is 6.26 Å². The summed E-state index contributed by atoms with van der Waals surface area (Å²) in [5, 5.41) is 3.55. The Morgan fingerprint density at radius 3 is 3.00 bits per heavy atom. The topological polar surface area (TPSA) is 25.2 Å². The van der Waals surface area contributed by atoms with Crippen molar-refractivity contribution < 1.29 is 4.42 Å². The SMILES string of the molecule is CNC(Cc1ccoc1)C1C2CCc3ccccc3C21. The molecule has 2 nitrogen and oxygen atoms in total.